The number of amides is 1. The molecule has 1 aliphatic heterocycles. The molecule has 1 saturated heterocycles. The number of hydrogen-bond acceptors (Lipinski definition) is 3. The molecule has 0 bridgehead atoms. The van der Waals surface area contributed by atoms with E-state index in [1.165, 1.54) is 25.7 Å². The Morgan fingerprint density at radius 3 is 2.31 bits per heavy atom. The molecule has 0 unspecified atom stereocenters. The Kier molecular flexibility index (Phi) is 4.18. The Balaban J connectivity index is 2.43. The minimum atomic E-state index is -0.0816. The average Bonchev–Trinajstić information content (AvgIpc) is 2.43. The van der Waals surface area contributed by atoms with E-state index in [4.69, 9.17) is 5.84 Å². The summed E-state index contributed by atoms with van der Waals surface area (Å²) in [7, 11) is 0. The number of carbonyl (C=O) groups is 1. The number of nitrogens with two attached hydrogens (primary N) is 1. The lowest BCUT2D eigenvalue weighted by Crippen LogP contribution is -2.47. The third-order valence-corrected chi connectivity index (χ3v) is 2.71. The van der Waals surface area contributed by atoms with E-state index in [0.717, 1.165) is 13.1 Å². The maximum Gasteiger partial charge on any atom is 0.250 e. The Morgan fingerprint density at radius 1 is 1.31 bits per heavy atom. The summed E-state index contributed by atoms with van der Waals surface area (Å²) in [6.07, 6.45) is 4.96. The van der Waals surface area contributed by atoms with Gasteiger partial charge in [0.25, 0.3) is 5.91 Å². The zero-order valence-corrected chi connectivity index (χ0v) is 8.25. The van der Waals surface area contributed by atoms with Crippen LogP contribution in [0.15, 0.2) is 0 Å². The Bertz CT molecular complexity index is 164. The van der Waals surface area contributed by atoms with Crippen molar-refractivity contribution in [2.75, 3.05) is 13.1 Å². The summed E-state index contributed by atoms with van der Waals surface area (Å²) in [6, 6.07) is -0.0805. The van der Waals surface area contributed by atoms with Crippen molar-refractivity contribution >= 4 is 5.91 Å². The van der Waals surface area contributed by atoms with E-state index in [1.807, 2.05) is 6.92 Å². The zero-order chi connectivity index (χ0) is 9.68. The Hall–Kier alpha value is -0.610. The molecule has 4 heteroatoms. The van der Waals surface area contributed by atoms with E-state index in [0.29, 0.717) is 0 Å². The Morgan fingerprint density at radius 2 is 1.85 bits per heavy atom. The second-order valence-corrected chi connectivity index (χ2v) is 3.63. The van der Waals surface area contributed by atoms with Crippen LogP contribution in [0.4, 0.5) is 0 Å². The summed E-state index contributed by atoms with van der Waals surface area (Å²) in [6.45, 7) is 3.96. The van der Waals surface area contributed by atoms with Gasteiger partial charge in [-0.1, -0.05) is 12.8 Å². The van der Waals surface area contributed by atoms with E-state index in [2.05, 4.69) is 10.3 Å². The van der Waals surface area contributed by atoms with Gasteiger partial charge in [0.2, 0.25) is 0 Å². The molecular formula is C9H19N3O. The maximum atomic E-state index is 11.2. The standard InChI is InChI=1S/C9H19N3O/c1-8(9(13)11-10)12-6-4-2-3-5-7-12/h8H,2-7,10H2,1H3,(H,11,13)/t8-/m0/s1. The second kappa shape index (κ2) is 5.19. The third-order valence-electron chi connectivity index (χ3n) is 2.71. The van der Waals surface area contributed by atoms with Crippen molar-refractivity contribution in [2.45, 2.75) is 38.6 Å². The molecule has 1 aliphatic rings. The van der Waals surface area contributed by atoms with Gasteiger partial charge < -0.3 is 0 Å². The number of rotatable bonds is 2. The lowest BCUT2D eigenvalue weighted by molar-refractivity contribution is -0.125. The van der Waals surface area contributed by atoms with Crippen LogP contribution in [0.2, 0.25) is 0 Å². The molecule has 0 aliphatic carbocycles. The summed E-state index contributed by atoms with van der Waals surface area (Å²) in [4.78, 5) is 13.4. The molecule has 1 atom stereocenters. The van der Waals surface area contributed by atoms with Gasteiger partial charge in [-0.25, -0.2) is 5.84 Å². The van der Waals surface area contributed by atoms with Crippen LogP contribution in [-0.2, 0) is 4.79 Å². The predicted molar refractivity (Wildman–Crippen MR) is 51.8 cm³/mol. The van der Waals surface area contributed by atoms with Crippen molar-refractivity contribution in [3.05, 3.63) is 0 Å². The molecule has 0 aromatic heterocycles. The van der Waals surface area contributed by atoms with E-state index in [1.54, 1.807) is 0 Å². The number of likely N-dealkylation sites (tertiary alicyclic amines) is 1. The van der Waals surface area contributed by atoms with Crippen LogP contribution in [0.1, 0.15) is 32.6 Å². The first-order valence-corrected chi connectivity index (χ1v) is 5.00. The minimum Gasteiger partial charge on any atom is -0.293 e. The molecule has 1 fully saturated rings. The van der Waals surface area contributed by atoms with Crippen LogP contribution in [0.3, 0.4) is 0 Å². The van der Waals surface area contributed by atoms with Crippen LogP contribution in [-0.4, -0.2) is 29.9 Å². The molecule has 4 nitrogen and oxygen atoms in total. The number of hydrogen-bond donors (Lipinski definition) is 2. The van der Waals surface area contributed by atoms with Gasteiger partial charge in [-0.15, -0.1) is 0 Å². The van der Waals surface area contributed by atoms with Gasteiger partial charge in [0.05, 0.1) is 6.04 Å². The van der Waals surface area contributed by atoms with Gasteiger partial charge in [0.15, 0.2) is 0 Å². The smallest absolute Gasteiger partial charge is 0.250 e. The number of nitrogens with zero attached hydrogens (tertiary/aromatic N) is 1. The molecule has 0 aromatic carbocycles. The SMILES string of the molecule is C[C@@H](C(=O)NN)N1CCCCCC1. The molecule has 1 amide bonds. The van der Waals surface area contributed by atoms with Crippen molar-refractivity contribution in [1.82, 2.24) is 10.3 Å². The fourth-order valence-corrected chi connectivity index (χ4v) is 1.77. The molecule has 0 aromatic rings. The van der Waals surface area contributed by atoms with Gasteiger partial charge in [-0.3, -0.25) is 15.1 Å². The third kappa shape index (κ3) is 2.97. The molecule has 13 heavy (non-hydrogen) atoms. The van der Waals surface area contributed by atoms with Crippen molar-refractivity contribution in [3.63, 3.8) is 0 Å². The predicted octanol–water partition coefficient (Wildman–Crippen LogP) is 0.241. The number of carbonyl (C=O) groups excluding carboxylic acids is 1. The lowest BCUT2D eigenvalue weighted by atomic mass is 10.2. The first-order valence-electron chi connectivity index (χ1n) is 5.00. The van der Waals surface area contributed by atoms with Crippen molar-refractivity contribution in [1.29, 1.82) is 0 Å². The quantitative estimate of drug-likeness (QED) is 0.368. The maximum absolute atomic E-state index is 11.2. The molecular weight excluding hydrogens is 166 g/mol. The monoisotopic (exact) mass is 185 g/mol. The highest BCUT2D eigenvalue weighted by Gasteiger charge is 2.20. The summed E-state index contributed by atoms with van der Waals surface area (Å²) in [5.41, 5.74) is 2.20. The normalized spacial score (nSPS) is 22.0. The summed E-state index contributed by atoms with van der Waals surface area (Å²) in [5, 5.41) is 0. The molecule has 1 heterocycles. The lowest BCUT2D eigenvalue weighted by Gasteiger charge is -2.25. The first kappa shape index (κ1) is 10.5. The van der Waals surface area contributed by atoms with Crippen LogP contribution < -0.4 is 11.3 Å². The first-order chi connectivity index (χ1) is 6.25. The molecule has 0 saturated carbocycles. The highest BCUT2D eigenvalue weighted by Crippen LogP contribution is 2.12. The molecule has 0 radical (unpaired) electrons. The van der Waals surface area contributed by atoms with Crippen LogP contribution in [0.25, 0.3) is 0 Å². The van der Waals surface area contributed by atoms with Gasteiger partial charge in [-0.2, -0.15) is 0 Å². The molecule has 1 rings (SSSR count). The molecule has 3 N–H and O–H groups in total. The van der Waals surface area contributed by atoms with E-state index in [-0.39, 0.29) is 11.9 Å². The second-order valence-electron chi connectivity index (χ2n) is 3.63. The topological polar surface area (TPSA) is 58.4 Å². The fraction of sp³-hybridized carbons (Fsp3) is 0.889. The summed E-state index contributed by atoms with van der Waals surface area (Å²) >= 11 is 0. The fourth-order valence-electron chi connectivity index (χ4n) is 1.77. The van der Waals surface area contributed by atoms with Gasteiger partial charge in [-0.05, 0) is 32.9 Å². The van der Waals surface area contributed by atoms with Crippen molar-refractivity contribution < 1.29 is 4.79 Å². The van der Waals surface area contributed by atoms with Gasteiger partial charge in [0, 0.05) is 0 Å². The minimum absolute atomic E-state index is 0.0805. The van der Waals surface area contributed by atoms with Crippen LogP contribution in [0, 0.1) is 0 Å². The Labute approximate surface area is 79.4 Å². The molecule has 76 valence electrons. The van der Waals surface area contributed by atoms with Crippen LogP contribution in [0.5, 0.6) is 0 Å². The van der Waals surface area contributed by atoms with E-state index >= 15 is 0 Å². The van der Waals surface area contributed by atoms with Gasteiger partial charge in [0.1, 0.15) is 0 Å². The zero-order valence-electron chi connectivity index (χ0n) is 8.25. The average molecular weight is 185 g/mol. The number of nitrogens with one attached hydrogen (secondary N) is 1. The van der Waals surface area contributed by atoms with Gasteiger partial charge >= 0.3 is 0 Å². The number of hydrazine groups is 1. The van der Waals surface area contributed by atoms with Crippen molar-refractivity contribution in [3.8, 4) is 0 Å². The van der Waals surface area contributed by atoms with Crippen LogP contribution >= 0.6 is 0 Å². The summed E-state index contributed by atoms with van der Waals surface area (Å²) < 4.78 is 0. The molecule has 0 spiro atoms. The van der Waals surface area contributed by atoms with E-state index < -0.39 is 0 Å². The van der Waals surface area contributed by atoms with Crippen molar-refractivity contribution in [2.24, 2.45) is 5.84 Å². The van der Waals surface area contributed by atoms with E-state index in [9.17, 15) is 4.79 Å². The highest BCUT2D eigenvalue weighted by atomic mass is 16.2. The largest absolute Gasteiger partial charge is 0.293 e. The summed E-state index contributed by atoms with van der Waals surface area (Å²) in [5.74, 6) is 5.01. The highest BCUT2D eigenvalue weighted by molar-refractivity contribution is 5.80.